The van der Waals surface area contributed by atoms with Crippen molar-refractivity contribution in [2.45, 2.75) is 32.1 Å². The summed E-state index contributed by atoms with van der Waals surface area (Å²) >= 11 is 0. The molecule has 1 aromatic heterocycles. The molecule has 0 aliphatic carbocycles. The van der Waals surface area contributed by atoms with E-state index in [4.69, 9.17) is 0 Å². The molecule has 0 saturated carbocycles. The highest BCUT2D eigenvalue weighted by Crippen LogP contribution is 2.18. The Morgan fingerprint density at radius 1 is 1.26 bits per heavy atom. The highest BCUT2D eigenvalue weighted by Gasteiger charge is 2.25. The summed E-state index contributed by atoms with van der Waals surface area (Å²) in [6.07, 6.45) is 1.84. The van der Waals surface area contributed by atoms with E-state index in [1.54, 1.807) is 24.4 Å². The molecule has 2 rings (SSSR count). The Hall–Kier alpha value is -1.99. The average molecular weight is 336 g/mol. The number of aliphatic carboxylic acids is 1. The molecule has 1 heterocycles. The SMILES string of the molecule is CC(C)C[C@@H](NS(=O)(=O)Cc1cccc2cccnc12)C(=O)O. The minimum absolute atomic E-state index is 0.0676. The van der Waals surface area contributed by atoms with E-state index < -0.39 is 22.0 Å². The zero-order valence-electron chi connectivity index (χ0n) is 13.1. The monoisotopic (exact) mass is 336 g/mol. The molecule has 2 aromatic rings. The molecule has 0 fully saturated rings. The van der Waals surface area contributed by atoms with Crippen molar-refractivity contribution < 1.29 is 18.3 Å². The fourth-order valence-electron chi connectivity index (χ4n) is 2.42. The lowest BCUT2D eigenvalue weighted by atomic mass is 10.1. The van der Waals surface area contributed by atoms with Gasteiger partial charge in [0.25, 0.3) is 0 Å². The highest BCUT2D eigenvalue weighted by molar-refractivity contribution is 7.88. The lowest BCUT2D eigenvalue weighted by Crippen LogP contribution is -2.42. The van der Waals surface area contributed by atoms with Crippen LogP contribution in [0.25, 0.3) is 10.9 Å². The molecule has 6 nitrogen and oxygen atoms in total. The first-order valence-corrected chi connectivity index (χ1v) is 8.99. The Labute approximate surface area is 135 Å². The first kappa shape index (κ1) is 17.4. The van der Waals surface area contributed by atoms with Gasteiger partial charge in [-0.1, -0.05) is 38.1 Å². The number of benzene rings is 1. The molecule has 0 spiro atoms. The van der Waals surface area contributed by atoms with Crippen molar-refractivity contribution in [1.82, 2.24) is 9.71 Å². The van der Waals surface area contributed by atoms with E-state index in [2.05, 4.69) is 9.71 Å². The predicted molar refractivity (Wildman–Crippen MR) is 88.4 cm³/mol. The van der Waals surface area contributed by atoms with E-state index in [0.29, 0.717) is 11.1 Å². The number of rotatable bonds is 7. The maximum Gasteiger partial charge on any atom is 0.321 e. The Morgan fingerprint density at radius 2 is 1.96 bits per heavy atom. The Kier molecular flexibility index (Phi) is 5.33. The zero-order chi connectivity index (χ0) is 17.0. The van der Waals surface area contributed by atoms with Crippen molar-refractivity contribution in [1.29, 1.82) is 0 Å². The number of aromatic nitrogens is 1. The molecule has 1 aromatic carbocycles. The van der Waals surface area contributed by atoms with Crippen LogP contribution in [0.15, 0.2) is 36.5 Å². The highest BCUT2D eigenvalue weighted by atomic mass is 32.2. The van der Waals surface area contributed by atoms with Gasteiger partial charge in [0.15, 0.2) is 0 Å². The number of sulfonamides is 1. The van der Waals surface area contributed by atoms with Gasteiger partial charge in [0.2, 0.25) is 10.0 Å². The lowest BCUT2D eigenvalue weighted by molar-refractivity contribution is -0.139. The van der Waals surface area contributed by atoms with E-state index in [1.807, 2.05) is 26.0 Å². The fraction of sp³-hybridized carbons (Fsp3) is 0.375. The van der Waals surface area contributed by atoms with E-state index in [9.17, 15) is 18.3 Å². The molecule has 0 aliphatic heterocycles. The molecule has 124 valence electrons. The van der Waals surface area contributed by atoms with Crippen LogP contribution in [0.1, 0.15) is 25.8 Å². The summed E-state index contributed by atoms with van der Waals surface area (Å²) in [4.78, 5) is 15.5. The van der Waals surface area contributed by atoms with E-state index in [-0.39, 0.29) is 18.1 Å². The largest absolute Gasteiger partial charge is 0.480 e. The molecule has 23 heavy (non-hydrogen) atoms. The Morgan fingerprint density at radius 3 is 2.61 bits per heavy atom. The summed E-state index contributed by atoms with van der Waals surface area (Å²) in [5, 5.41) is 10.0. The van der Waals surface area contributed by atoms with Gasteiger partial charge in [-0.05, 0) is 24.0 Å². The summed E-state index contributed by atoms with van der Waals surface area (Å²) in [6.45, 7) is 3.69. The van der Waals surface area contributed by atoms with Gasteiger partial charge in [-0.2, -0.15) is 0 Å². The number of pyridine rings is 1. The van der Waals surface area contributed by atoms with Gasteiger partial charge in [0.05, 0.1) is 11.3 Å². The topological polar surface area (TPSA) is 96.4 Å². The van der Waals surface area contributed by atoms with Crippen molar-refractivity contribution in [2.24, 2.45) is 5.92 Å². The van der Waals surface area contributed by atoms with Crippen LogP contribution in [0.2, 0.25) is 0 Å². The maximum atomic E-state index is 12.3. The number of carboxylic acids is 1. The quantitative estimate of drug-likeness (QED) is 0.807. The molecular weight excluding hydrogens is 316 g/mol. The first-order chi connectivity index (χ1) is 10.8. The molecule has 0 amide bonds. The molecule has 7 heteroatoms. The third-order valence-corrected chi connectivity index (χ3v) is 4.72. The van der Waals surface area contributed by atoms with E-state index in [0.717, 1.165) is 5.39 Å². The Balaban J connectivity index is 2.24. The summed E-state index contributed by atoms with van der Waals surface area (Å²) in [5.41, 5.74) is 1.15. The zero-order valence-corrected chi connectivity index (χ0v) is 13.9. The second kappa shape index (κ2) is 7.06. The Bertz CT molecular complexity index is 797. The summed E-state index contributed by atoms with van der Waals surface area (Å²) in [5.74, 6) is -1.40. The summed E-state index contributed by atoms with van der Waals surface area (Å²) in [7, 11) is -3.79. The smallest absolute Gasteiger partial charge is 0.321 e. The van der Waals surface area contributed by atoms with Crippen LogP contribution in [0, 0.1) is 5.92 Å². The van der Waals surface area contributed by atoms with Gasteiger partial charge >= 0.3 is 5.97 Å². The van der Waals surface area contributed by atoms with Crippen LogP contribution < -0.4 is 4.72 Å². The lowest BCUT2D eigenvalue weighted by Gasteiger charge is -2.17. The predicted octanol–water partition coefficient (Wildman–Crippen LogP) is 2.15. The number of hydrogen-bond donors (Lipinski definition) is 2. The van der Waals surface area contributed by atoms with Gasteiger partial charge in [0, 0.05) is 11.6 Å². The summed E-state index contributed by atoms with van der Waals surface area (Å²) < 4.78 is 27.0. The second-order valence-corrected chi connectivity index (χ2v) is 7.64. The number of carbonyl (C=O) groups is 1. The summed E-state index contributed by atoms with van der Waals surface area (Å²) in [6, 6.07) is 7.81. The van der Waals surface area contributed by atoms with Crippen LogP contribution in [-0.4, -0.2) is 30.5 Å². The second-order valence-electron chi connectivity index (χ2n) is 5.89. The van der Waals surface area contributed by atoms with Crippen molar-refractivity contribution in [3.63, 3.8) is 0 Å². The van der Waals surface area contributed by atoms with Gasteiger partial charge in [-0.3, -0.25) is 9.78 Å². The minimum Gasteiger partial charge on any atom is -0.480 e. The van der Waals surface area contributed by atoms with Gasteiger partial charge in [-0.15, -0.1) is 0 Å². The van der Waals surface area contributed by atoms with Crippen molar-refractivity contribution in [3.8, 4) is 0 Å². The standard InChI is InChI=1S/C16H20N2O4S/c1-11(2)9-14(16(19)20)18-23(21,22)10-13-6-3-5-12-7-4-8-17-15(12)13/h3-8,11,14,18H,9-10H2,1-2H3,(H,19,20)/t14-/m1/s1. The molecule has 0 radical (unpaired) electrons. The molecule has 0 saturated heterocycles. The van der Waals surface area contributed by atoms with Crippen LogP contribution in [0.5, 0.6) is 0 Å². The molecule has 2 N–H and O–H groups in total. The number of fused-ring (bicyclic) bond motifs is 1. The van der Waals surface area contributed by atoms with E-state index in [1.165, 1.54) is 0 Å². The minimum atomic E-state index is -3.79. The van der Waals surface area contributed by atoms with Crippen molar-refractivity contribution >= 4 is 26.9 Å². The first-order valence-electron chi connectivity index (χ1n) is 7.34. The van der Waals surface area contributed by atoms with E-state index >= 15 is 0 Å². The van der Waals surface area contributed by atoms with Crippen LogP contribution >= 0.6 is 0 Å². The van der Waals surface area contributed by atoms with Crippen molar-refractivity contribution in [2.75, 3.05) is 0 Å². The normalized spacial score (nSPS) is 13.3. The third kappa shape index (κ3) is 4.74. The van der Waals surface area contributed by atoms with Gasteiger partial charge in [-0.25, -0.2) is 13.1 Å². The number of nitrogens with one attached hydrogen (secondary N) is 1. The van der Waals surface area contributed by atoms with Gasteiger partial charge < -0.3 is 5.11 Å². The maximum absolute atomic E-state index is 12.3. The number of para-hydroxylation sites is 1. The molecular formula is C16H20N2O4S. The molecule has 1 atom stereocenters. The molecule has 0 unspecified atom stereocenters. The molecule has 0 aliphatic rings. The third-order valence-electron chi connectivity index (χ3n) is 3.39. The van der Waals surface area contributed by atoms with Gasteiger partial charge in [0.1, 0.15) is 6.04 Å². The van der Waals surface area contributed by atoms with Crippen LogP contribution in [0.4, 0.5) is 0 Å². The average Bonchev–Trinajstić information content (AvgIpc) is 2.46. The number of carboxylic acid groups (broad SMARTS) is 1. The van der Waals surface area contributed by atoms with Crippen molar-refractivity contribution in [3.05, 3.63) is 42.1 Å². The number of nitrogens with zero attached hydrogens (tertiary/aromatic N) is 1. The van der Waals surface area contributed by atoms with Crippen LogP contribution in [0.3, 0.4) is 0 Å². The van der Waals surface area contributed by atoms with Crippen LogP contribution in [-0.2, 0) is 20.6 Å². The fourth-order valence-corrected chi connectivity index (χ4v) is 3.77. The molecule has 0 bridgehead atoms. The number of hydrogen-bond acceptors (Lipinski definition) is 4.